The lowest BCUT2D eigenvalue weighted by Crippen LogP contribution is -2.38. The van der Waals surface area contributed by atoms with Gasteiger partial charge in [0, 0.05) is 32.3 Å². The first-order valence-electron chi connectivity index (χ1n) is 5.60. The molecule has 1 unspecified atom stereocenters. The van der Waals surface area contributed by atoms with Gasteiger partial charge in [0.25, 0.3) is 0 Å². The van der Waals surface area contributed by atoms with Crippen LogP contribution in [0.4, 0.5) is 0 Å². The van der Waals surface area contributed by atoms with E-state index in [9.17, 15) is 0 Å². The van der Waals surface area contributed by atoms with Crippen LogP contribution in [0.15, 0.2) is 0 Å². The topological polar surface area (TPSA) is 44.5 Å². The van der Waals surface area contributed by atoms with E-state index in [1.165, 1.54) is 25.7 Å². The predicted molar refractivity (Wildman–Crippen MR) is 57.3 cm³/mol. The Hall–Kier alpha value is -0.120. The maximum atomic E-state index is 5.84. The van der Waals surface area contributed by atoms with Gasteiger partial charge in [-0.25, -0.2) is 0 Å². The molecule has 0 amide bonds. The van der Waals surface area contributed by atoms with E-state index in [0.717, 1.165) is 32.8 Å². The Labute approximate surface area is 86.9 Å². The van der Waals surface area contributed by atoms with Crippen molar-refractivity contribution in [3.05, 3.63) is 0 Å². The fraction of sp³-hybridized carbons (Fsp3) is 1.00. The predicted octanol–water partition coefficient (Wildman–Crippen LogP) is 1.56. The minimum absolute atomic E-state index is 0.270. The molecule has 2 N–H and O–H groups in total. The van der Waals surface area contributed by atoms with Gasteiger partial charge in [-0.1, -0.05) is 6.42 Å². The van der Waals surface area contributed by atoms with Crippen LogP contribution in [-0.4, -0.2) is 33.5 Å². The number of nitrogens with two attached hydrogens (primary N) is 1. The van der Waals surface area contributed by atoms with Crippen LogP contribution in [-0.2, 0) is 9.47 Å². The van der Waals surface area contributed by atoms with E-state index in [-0.39, 0.29) is 5.41 Å². The molecule has 1 rings (SSSR count). The van der Waals surface area contributed by atoms with Gasteiger partial charge in [-0.15, -0.1) is 0 Å². The van der Waals surface area contributed by atoms with E-state index >= 15 is 0 Å². The van der Waals surface area contributed by atoms with Gasteiger partial charge in [-0.05, 0) is 25.7 Å². The Morgan fingerprint density at radius 2 is 2.29 bits per heavy atom. The third-order valence-corrected chi connectivity index (χ3v) is 3.14. The molecule has 0 aromatic heterocycles. The molecule has 3 heteroatoms. The minimum atomic E-state index is 0.270. The highest BCUT2D eigenvalue weighted by atomic mass is 16.5. The molecule has 14 heavy (non-hydrogen) atoms. The molecule has 0 radical (unpaired) electrons. The first-order chi connectivity index (χ1) is 6.83. The van der Waals surface area contributed by atoms with E-state index in [1.807, 2.05) is 0 Å². The van der Waals surface area contributed by atoms with Gasteiger partial charge in [0.1, 0.15) is 0 Å². The van der Waals surface area contributed by atoms with Gasteiger partial charge in [0.05, 0.1) is 6.61 Å². The molecule has 0 saturated carbocycles. The summed E-state index contributed by atoms with van der Waals surface area (Å²) in [6, 6.07) is 0. The normalized spacial score (nSPS) is 27.9. The molecule has 3 nitrogen and oxygen atoms in total. The summed E-state index contributed by atoms with van der Waals surface area (Å²) in [4.78, 5) is 0. The molecule has 0 aliphatic carbocycles. The van der Waals surface area contributed by atoms with E-state index in [2.05, 4.69) is 0 Å². The lowest BCUT2D eigenvalue weighted by molar-refractivity contribution is -0.00939. The summed E-state index contributed by atoms with van der Waals surface area (Å²) >= 11 is 0. The van der Waals surface area contributed by atoms with Crippen molar-refractivity contribution in [3.8, 4) is 0 Å². The Morgan fingerprint density at radius 3 is 2.86 bits per heavy atom. The molecule has 0 bridgehead atoms. The van der Waals surface area contributed by atoms with Crippen molar-refractivity contribution in [1.29, 1.82) is 0 Å². The zero-order chi connectivity index (χ0) is 10.3. The number of hydrogen-bond acceptors (Lipinski definition) is 3. The van der Waals surface area contributed by atoms with Gasteiger partial charge in [-0.2, -0.15) is 0 Å². The minimum Gasteiger partial charge on any atom is -0.385 e. The summed E-state index contributed by atoms with van der Waals surface area (Å²) in [6.45, 7) is 3.40. The van der Waals surface area contributed by atoms with Crippen molar-refractivity contribution in [2.75, 3.05) is 33.5 Å². The molecule has 0 spiro atoms. The highest BCUT2D eigenvalue weighted by Crippen LogP contribution is 2.32. The van der Waals surface area contributed by atoms with Gasteiger partial charge in [-0.3, -0.25) is 0 Å². The summed E-state index contributed by atoms with van der Waals surface area (Å²) in [6.07, 6.45) is 5.93. The fourth-order valence-electron chi connectivity index (χ4n) is 2.12. The standard InChI is InChI=1S/C11H23NO2/c1-13-7-3-2-5-11(9-12)6-4-8-14-10-11/h2-10,12H2,1H3. The van der Waals surface area contributed by atoms with Gasteiger partial charge < -0.3 is 15.2 Å². The largest absolute Gasteiger partial charge is 0.385 e. The number of rotatable bonds is 6. The van der Waals surface area contributed by atoms with Crippen molar-refractivity contribution < 1.29 is 9.47 Å². The van der Waals surface area contributed by atoms with Gasteiger partial charge in [0.2, 0.25) is 0 Å². The molecular formula is C11H23NO2. The van der Waals surface area contributed by atoms with Crippen molar-refractivity contribution in [3.63, 3.8) is 0 Å². The average molecular weight is 201 g/mol. The van der Waals surface area contributed by atoms with E-state index in [4.69, 9.17) is 15.2 Å². The lowest BCUT2D eigenvalue weighted by Gasteiger charge is -2.36. The second kappa shape index (κ2) is 6.38. The first kappa shape index (κ1) is 12.0. The number of hydrogen-bond donors (Lipinski definition) is 1. The molecule has 1 fully saturated rings. The van der Waals surface area contributed by atoms with Crippen LogP contribution in [0.25, 0.3) is 0 Å². The molecule has 1 aliphatic heterocycles. The van der Waals surface area contributed by atoms with Crippen LogP contribution in [0.3, 0.4) is 0 Å². The SMILES string of the molecule is COCCCCC1(CN)CCCOC1. The summed E-state index contributed by atoms with van der Waals surface area (Å²) in [5.41, 5.74) is 6.11. The monoisotopic (exact) mass is 201 g/mol. The van der Waals surface area contributed by atoms with Crippen LogP contribution in [0.2, 0.25) is 0 Å². The Balaban J connectivity index is 2.22. The second-order valence-electron chi connectivity index (χ2n) is 4.31. The maximum absolute atomic E-state index is 5.84. The average Bonchev–Trinajstić information content (AvgIpc) is 2.26. The van der Waals surface area contributed by atoms with E-state index in [0.29, 0.717) is 0 Å². The molecular weight excluding hydrogens is 178 g/mol. The van der Waals surface area contributed by atoms with Crippen LogP contribution in [0.1, 0.15) is 32.1 Å². The first-order valence-corrected chi connectivity index (χ1v) is 5.60. The lowest BCUT2D eigenvalue weighted by atomic mass is 9.78. The van der Waals surface area contributed by atoms with Gasteiger partial charge >= 0.3 is 0 Å². The molecule has 1 atom stereocenters. The molecule has 1 heterocycles. The van der Waals surface area contributed by atoms with Crippen molar-refractivity contribution in [1.82, 2.24) is 0 Å². The maximum Gasteiger partial charge on any atom is 0.0534 e. The summed E-state index contributed by atoms with van der Waals surface area (Å²) in [7, 11) is 1.75. The molecule has 0 aromatic rings. The highest BCUT2D eigenvalue weighted by molar-refractivity contribution is 4.82. The number of methoxy groups -OCH3 is 1. The number of unbranched alkanes of at least 4 members (excludes halogenated alkanes) is 1. The Kier molecular flexibility index (Phi) is 5.45. The zero-order valence-corrected chi connectivity index (χ0v) is 9.26. The van der Waals surface area contributed by atoms with Crippen LogP contribution < -0.4 is 5.73 Å². The highest BCUT2D eigenvalue weighted by Gasteiger charge is 2.30. The van der Waals surface area contributed by atoms with Gasteiger partial charge in [0.15, 0.2) is 0 Å². The Morgan fingerprint density at radius 1 is 1.43 bits per heavy atom. The van der Waals surface area contributed by atoms with Crippen molar-refractivity contribution in [2.45, 2.75) is 32.1 Å². The molecule has 1 aliphatic rings. The smallest absolute Gasteiger partial charge is 0.0534 e. The second-order valence-corrected chi connectivity index (χ2v) is 4.31. The van der Waals surface area contributed by atoms with Crippen molar-refractivity contribution >= 4 is 0 Å². The molecule has 1 saturated heterocycles. The van der Waals surface area contributed by atoms with Crippen LogP contribution in [0.5, 0.6) is 0 Å². The van der Waals surface area contributed by atoms with E-state index in [1.54, 1.807) is 7.11 Å². The molecule has 0 aromatic carbocycles. The zero-order valence-electron chi connectivity index (χ0n) is 9.26. The third-order valence-electron chi connectivity index (χ3n) is 3.14. The Bertz CT molecular complexity index is 144. The van der Waals surface area contributed by atoms with Crippen molar-refractivity contribution in [2.24, 2.45) is 11.1 Å². The fourth-order valence-corrected chi connectivity index (χ4v) is 2.12. The summed E-state index contributed by atoms with van der Waals surface area (Å²) in [5, 5.41) is 0. The molecule has 84 valence electrons. The van der Waals surface area contributed by atoms with E-state index < -0.39 is 0 Å². The third kappa shape index (κ3) is 3.56. The summed E-state index contributed by atoms with van der Waals surface area (Å²) in [5.74, 6) is 0. The quantitative estimate of drug-likeness (QED) is 0.663. The summed E-state index contributed by atoms with van der Waals surface area (Å²) < 4.78 is 10.6. The number of ether oxygens (including phenoxy) is 2. The van der Waals surface area contributed by atoms with Crippen LogP contribution in [0, 0.1) is 5.41 Å². The van der Waals surface area contributed by atoms with Crippen LogP contribution >= 0.6 is 0 Å².